The lowest BCUT2D eigenvalue weighted by Crippen LogP contribution is -2.63. The van der Waals surface area contributed by atoms with Gasteiger partial charge in [-0.3, -0.25) is 5.26 Å². The van der Waals surface area contributed by atoms with Crippen molar-refractivity contribution in [1.29, 1.82) is 0 Å². The fourth-order valence-corrected chi connectivity index (χ4v) is 9.58. The first-order valence-electron chi connectivity index (χ1n) is 13.8. The quantitative estimate of drug-likeness (QED) is 0.252. The van der Waals surface area contributed by atoms with Gasteiger partial charge in [-0.15, -0.1) is 0 Å². The molecule has 4 fully saturated rings. The van der Waals surface area contributed by atoms with E-state index in [-0.39, 0.29) is 11.5 Å². The first kappa shape index (κ1) is 24.7. The van der Waals surface area contributed by atoms with E-state index >= 15 is 0 Å². The van der Waals surface area contributed by atoms with E-state index < -0.39 is 5.60 Å². The van der Waals surface area contributed by atoms with E-state index in [9.17, 15) is 10.4 Å². The van der Waals surface area contributed by atoms with Crippen LogP contribution >= 0.6 is 0 Å². The molecule has 0 amide bonds. The minimum Gasteiger partial charge on any atom is -0.393 e. The van der Waals surface area contributed by atoms with Crippen molar-refractivity contribution in [2.75, 3.05) is 0 Å². The van der Waals surface area contributed by atoms with E-state index in [4.69, 9.17) is 4.89 Å². The molecule has 0 unspecified atom stereocenters. The van der Waals surface area contributed by atoms with Crippen LogP contribution in [-0.2, 0) is 4.89 Å². The zero-order chi connectivity index (χ0) is 23.3. The predicted molar refractivity (Wildman–Crippen MR) is 131 cm³/mol. The fraction of sp³-hybridized carbons (Fsp3) is 0.931. The molecule has 10 atom stereocenters. The van der Waals surface area contributed by atoms with Gasteiger partial charge >= 0.3 is 0 Å². The van der Waals surface area contributed by atoms with Crippen LogP contribution in [0.25, 0.3) is 0 Å². The zero-order valence-corrected chi connectivity index (χ0v) is 21.6. The largest absolute Gasteiger partial charge is 0.393 e. The van der Waals surface area contributed by atoms with Gasteiger partial charge < -0.3 is 5.11 Å². The second-order valence-corrected chi connectivity index (χ2v) is 13.1. The van der Waals surface area contributed by atoms with Gasteiger partial charge in [0.1, 0.15) is 5.60 Å². The van der Waals surface area contributed by atoms with Gasteiger partial charge in [0.05, 0.1) is 6.10 Å². The highest BCUT2D eigenvalue weighted by Gasteiger charge is 2.66. The van der Waals surface area contributed by atoms with Crippen molar-refractivity contribution in [3.05, 3.63) is 12.2 Å². The van der Waals surface area contributed by atoms with Gasteiger partial charge in [-0.05, 0) is 105 Å². The van der Waals surface area contributed by atoms with Gasteiger partial charge in [0.25, 0.3) is 0 Å². The third kappa shape index (κ3) is 3.73. The van der Waals surface area contributed by atoms with Gasteiger partial charge in [0.2, 0.25) is 0 Å². The Morgan fingerprint density at radius 2 is 1.69 bits per heavy atom. The maximum Gasteiger partial charge on any atom is 0.111 e. The minimum absolute atomic E-state index is 0.0134. The molecule has 0 bridgehead atoms. The second-order valence-electron chi connectivity index (χ2n) is 13.1. The van der Waals surface area contributed by atoms with E-state index in [0.717, 1.165) is 49.4 Å². The third-order valence-corrected chi connectivity index (χ3v) is 11.6. The number of aliphatic hydroxyl groups excluding tert-OH is 1. The maximum absolute atomic E-state index is 10.4. The number of rotatable bonds is 6. The second kappa shape index (κ2) is 9.00. The average Bonchev–Trinajstić information content (AvgIpc) is 3.11. The Morgan fingerprint density at radius 1 is 0.938 bits per heavy atom. The van der Waals surface area contributed by atoms with Crippen molar-refractivity contribution >= 4 is 0 Å². The van der Waals surface area contributed by atoms with E-state index in [2.05, 4.69) is 53.7 Å². The van der Waals surface area contributed by atoms with Crippen molar-refractivity contribution in [2.45, 2.75) is 117 Å². The zero-order valence-electron chi connectivity index (χ0n) is 21.6. The highest BCUT2D eigenvalue weighted by molar-refractivity contribution is 5.15. The summed E-state index contributed by atoms with van der Waals surface area (Å²) in [4.78, 5) is 5.32. The Morgan fingerprint density at radius 3 is 2.34 bits per heavy atom. The maximum atomic E-state index is 10.4. The lowest BCUT2D eigenvalue weighted by molar-refractivity contribution is -0.388. The fourth-order valence-electron chi connectivity index (χ4n) is 9.58. The molecule has 3 heteroatoms. The standard InChI is InChI=1S/C29H50O3/c1-7-21(19(2)3)9-8-20(4)24-10-11-25-23-13-17-29(32-31)18-22(30)12-16-28(29,6)26(23)14-15-27(24,25)5/h8-9,19-26,30-31H,7,10-18H2,1-6H3/b9-8+/t20-,21-,22+,23+,24-,25+,26+,27-,28-,29-/m1/s1. The number of aliphatic hydroxyl groups is 1. The summed E-state index contributed by atoms with van der Waals surface area (Å²) in [6.45, 7) is 14.5. The van der Waals surface area contributed by atoms with Crippen LogP contribution in [0.5, 0.6) is 0 Å². The number of allylic oxidation sites excluding steroid dienone is 2. The molecule has 4 aliphatic rings. The molecule has 3 nitrogen and oxygen atoms in total. The molecule has 0 aromatic carbocycles. The first-order valence-corrected chi connectivity index (χ1v) is 13.8. The Labute approximate surface area is 197 Å². The van der Waals surface area contributed by atoms with E-state index in [1.807, 2.05) is 0 Å². The summed E-state index contributed by atoms with van der Waals surface area (Å²) in [7, 11) is 0. The Hall–Kier alpha value is -0.380. The molecule has 2 N–H and O–H groups in total. The molecule has 0 heterocycles. The minimum atomic E-state index is -0.542. The summed E-state index contributed by atoms with van der Waals surface area (Å²) in [5.41, 5.74) is -0.116. The topological polar surface area (TPSA) is 49.7 Å². The lowest BCUT2D eigenvalue weighted by Gasteiger charge is -2.64. The van der Waals surface area contributed by atoms with Crippen LogP contribution in [0.3, 0.4) is 0 Å². The summed E-state index contributed by atoms with van der Waals surface area (Å²) in [6, 6.07) is 0. The van der Waals surface area contributed by atoms with E-state index in [1.54, 1.807) is 0 Å². The molecule has 0 radical (unpaired) electrons. The normalized spacial score (nSPS) is 48.3. The summed E-state index contributed by atoms with van der Waals surface area (Å²) in [5, 5.41) is 20.4. The average molecular weight is 447 g/mol. The van der Waals surface area contributed by atoms with Gasteiger partial charge in [-0.1, -0.05) is 53.7 Å². The van der Waals surface area contributed by atoms with Crippen molar-refractivity contribution in [3.63, 3.8) is 0 Å². The molecule has 4 rings (SSSR count). The molecular formula is C29H50O3. The first-order chi connectivity index (χ1) is 15.1. The van der Waals surface area contributed by atoms with Gasteiger partial charge in [-0.2, -0.15) is 0 Å². The lowest BCUT2D eigenvalue weighted by atomic mass is 9.43. The SMILES string of the molecule is CC[C@H](/C=C/[C@@H](C)[C@H]1CC[C@H]2[C@@H]3CC[C@@]4(OO)C[C@@H](O)CC[C@]4(C)[C@H]3CC[C@]12C)C(C)C. The van der Waals surface area contributed by atoms with Crippen LogP contribution in [0.1, 0.15) is 106 Å². The number of hydrogen-bond acceptors (Lipinski definition) is 3. The predicted octanol–water partition coefficient (Wildman–Crippen LogP) is 7.49. The molecule has 4 saturated carbocycles. The molecule has 184 valence electrons. The van der Waals surface area contributed by atoms with Crippen LogP contribution in [0.2, 0.25) is 0 Å². The number of hydrogen-bond donors (Lipinski definition) is 2. The molecule has 0 aromatic heterocycles. The van der Waals surface area contributed by atoms with Crippen molar-refractivity contribution < 1.29 is 15.3 Å². The molecule has 0 saturated heterocycles. The smallest absolute Gasteiger partial charge is 0.111 e. The molecule has 4 aliphatic carbocycles. The molecular weight excluding hydrogens is 396 g/mol. The van der Waals surface area contributed by atoms with Crippen molar-refractivity contribution in [2.24, 2.45) is 52.3 Å². The summed E-state index contributed by atoms with van der Waals surface area (Å²) >= 11 is 0. The van der Waals surface area contributed by atoms with Crippen molar-refractivity contribution in [1.82, 2.24) is 0 Å². The third-order valence-electron chi connectivity index (χ3n) is 11.6. The molecule has 32 heavy (non-hydrogen) atoms. The van der Waals surface area contributed by atoms with Crippen LogP contribution in [0.15, 0.2) is 12.2 Å². The summed E-state index contributed by atoms with van der Waals surface area (Å²) < 4.78 is 0. The van der Waals surface area contributed by atoms with E-state index in [1.165, 1.54) is 32.1 Å². The molecule has 0 spiro atoms. The van der Waals surface area contributed by atoms with Crippen LogP contribution in [0.4, 0.5) is 0 Å². The Balaban J connectivity index is 1.54. The molecule has 0 aromatic rings. The highest BCUT2D eigenvalue weighted by Crippen LogP contribution is 2.69. The highest BCUT2D eigenvalue weighted by atomic mass is 17.1. The van der Waals surface area contributed by atoms with Crippen molar-refractivity contribution in [3.8, 4) is 0 Å². The Bertz CT molecular complexity index is 688. The Kier molecular flexibility index (Phi) is 6.96. The van der Waals surface area contributed by atoms with Gasteiger partial charge in [0, 0.05) is 11.8 Å². The van der Waals surface area contributed by atoms with Gasteiger partial charge in [-0.25, -0.2) is 4.89 Å². The van der Waals surface area contributed by atoms with Crippen LogP contribution < -0.4 is 0 Å². The monoisotopic (exact) mass is 446 g/mol. The number of fused-ring (bicyclic) bond motifs is 5. The molecule has 0 aliphatic heterocycles. The van der Waals surface area contributed by atoms with Crippen LogP contribution in [-0.4, -0.2) is 22.1 Å². The van der Waals surface area contributed by atoms with Gasteiger partial charge in [0.15, 0.2) is 0 Å². The van der Waals surface area contributed by atoms with E-state index in [0.29, 0.717) is 29.6 Å². The summed E-state index contributed by atoms with van der Waals surface area (Å²) in [5.74, 6) is 5.02. The van der Waals surface area contributed by atoms with Crippen LogP contribution in [0, 0.1) is 52.3 Å². The summed E-state index contributed by atoms with van der Waals surface area (Å²) in [6.07, 6.45) is 15.8.